The molecule has 0 bridgehead atoms. The van der Waals surface area contributed by atoms with Gasteiger partial charge in [0.2, 0.25) is 9.04 Å². The zero-order valence-corrected chi connectivity index (χ0v) is 9.60. The SMILES string of the molecule is C/C=C(\O[SiH](C)C)c1ccccc1. The predicted octanol–water partition coefficient (Wildman–Crippen LogP) is 3.05. The van der Waals surface area contributed by atoms with Gasteiger partial charge in [-0.2, -0.15) is 0 Å². The molecule has 0 aliphatic rings. The Morgan fingerprint density at radius 3 is 2.31 bits per heavy atom. The van der Waals surface area contributed by atoms with E-state index in [1.54, 1.807) is 0 Å². The molecule has 0 spiro atoms. The number of hydrogen-bond acceptors (Lipinski definition) is 1. The van der Waals surface area contributed by atoms with Gasteiger partial charge in [-0.25, -0.2) is 0 Å². The molecule has 1 aromatic carbocycles. The molecular formula is C11H16OSi. The minimum Gasteiger partial charge on any atom is -0.547 e. The molecule has 0 aromatic heterocycles. The minimum atomic E-state index is -0.984. The third-order valence-corrected chi connectivity index (χ3v) is 2.41. The molecule has 0 atom stereocenters. The van der Waals surface area contributed by atoms with Crippen LogP contribution in [0.15, 0.2) is 36.4 Å². The van der Waals surface area contributed by atoms with Crippen LogP contribution in [0.2, 0.25) is 13.1 Å². The highest BCUT2D eigenvalue weighted by molar-refractivity contribution is 6.49. The molecular weight excluding hydrogens is 176 g/mol. The van der Waals surface area contributed by atoms with E-state index in [-0.39, 0.29) is 0 Å². The molecule has 0 unspecified atom stereocenters. The fourth-order valence-corrected chi connectivity index (χ4v) is 1.94. The average Bonchev–Trinajstić information content (AvgIpc) is 2.15. The smallest absolute Gasteiger partial charge is 0.229 e. The largest absolute Gasteiger partial charge is 0.547 e. The van der Waals surface area contributed by atoms with E-state index in [0.29, 0.717) is 0 Å². The number of hydrogen-bond donors (Lipinski definition) is 0. The first kappa shape index (κ1) is 10.1. The van der Waals surface area contributed by atoms with Crippen LogP contribution in [0.25, 0.3) is 5.76 Å². The van der Waals surface area contributed by atoms with E-state index in [1.807, 2.05) is 31.2 Å². The standard InChI is InChI=1S/C11H16OSi/c1-4-11(12-13(2)3)10-8-6-5-7-9-10/h4-9,13H,1-3H3/b11-4-. The third kappa shape index (κ3) is 3.07. The summed E-state index contributed by atoms with van der Waals surface area (Å²) < 4.78 is 5.79. The topological polar surface area (TPSA) is 9.23 Å². The van der Waals surface area contributed by atoms with E-state index in [4.69, 9.17) is 4.43 Å². The summed E-state index contributed by atoms with van der Waals surface area (Å²) >= 11 is 0. The Balaban J connectivity index is 2.80. The van der Waals surface area contributed by atoms with E-state index in [9.17, 15) is 0 Å². The van der Waals surface area contributed by atoms with Gasteiger partial charge >= 0.3 is 0 Å². The van der Waals surface area contributed by atoms with Crippen molar-refractivity contribution in [3.8, 4) is 0 Å². The maximum Gasteiger partial charge on any atom is 0.229 e. The number of benzene rings is 1. The summed E-state index contributed by atoms with van der Waals surface area (Å²) in [7, 11) is -0.984. The van der Waals surface area contributed by atoms with Crippen molar-refractivity contribution in [2.24, 2.45) is 0 Å². The lowest BCUT2D eigenvalue weighted by molar-refractivity contribution is 0.536. The molecule has 1 nitrogen and oxygen atoms in total. The van der Waals surface area contributed by atoms with Gasteiger partial charge in [-0.1, -0.05) is 30.3 Å². The highest BCUT2D eigenvalue weighted by Gasteiger charge is 2.03. The molecule has 1 rings (SSSR count). The maximum atomic E-state index is 5.79. The summed E-state index contributed by atoms with van der Waals surface area (Å²) in [6.07, 6.45) is 2.03. The Morgan fingerprint density at radius 1 is 1.23 bits per heavy atom. The van der Waals surface area contributed by atoms with Gasteiger partial charge in [0.25, 0.3) is 0 Å². The van der Waals surface area contributed by atoms with E-state index < -0.39 is 9.04 Å². The van der Waals surface area contributed by atoms with E-state index >= 15 is 0 Å². The molecule has 0 aliphatic heterocycles. The summed E-state index contributed by atoms with van der Waals surface area (Å²) in [5.41, 5.74) is 1.17. The average molecular weight is 192 g/mol. The van der Waals surface area contributed by atoms with Gasteiger partial charge in [0, 0.05) is 5.56 Å². The highest BCUT2D eigenvalue weighted by atomic mass is 28.3. The van der Waals surface area contributed by atoms with E-state index in [1.165, 1.54) is 5.56 Å². The van der Waals surface area contributed by atoms with Crippen molar-refractivity contribution in [2.75, 3.05) is 0 Å². The lowest BCUT2D eigenvalue weighted by Gasteiger charge is -2.13. The van der Waals surface area contributed by atoms with Gasteiger partial charge in [0.05, 0.1) is 0 Å². The molecule has 1 aromatic rings. The molecule has 0 fully saturated rings. The van der Waals surface area contributed by atoms with Crippen molar-refractivity contribution in [3.63, 3.8) is 0 Å². The minimum absolute atomic E-state index is 0.984. The van der Waals surface area contributed by atoms with Crippen molar-refractivity contribution in [1.29, 1.82) is 0 Å². The lowest BCUT2D eigenvalue weighted by Crippen LogP contribution is -2.06. The molecule has 13 heavy (non-hydrogen) atoms. The zero-order valence-electron chi connectivity index (χ0n) is 8.45. The summed E-state index contributed by atoms with van der Waals surface area (Å²) in [6.45, 7) is 6.36. The van der Waals surface area contributed by atoms with Gasteiger partial charge in [-0.15, -0.1) is 0 Å². The van der Waals surface area contributed by atoms with Crippen LogP contribution in [0, 0.1) is 0 Å². The summed E-state index contributed by atoms with van der Waals surface area (Å²) in [5, 5.41) is 0. The molecule has 0 N–H and O–H groups in total. The van der Waals surface area contributed by atoms with Crippen molar-refractivity contribution in [2.45, 2.75) is 20.0 Å². The Hall–Kier alpha value is -1.02. The Morgan fingerprint density at radius 2 is 1.85 bits per heavy atom. The molecule has 0 saturated carbocycles. The Labute approximate surface area is 81.8 Å². The van der Waals surface area contributed by atoms with Gasteiger partial charge in [-0.05, 0) is 26.1 Å². The number of allylic oxidation sites excluding steroid dienone is 1. The second kappa shape index (κ2) is 4.87. The first-order valence-corrected chi connectivity index (χ1v) is 7.40. The van der Waals surface area contributed by atoms with Crippen LogP contribution < -0.4 is 0 Å². The zero-order chi connectivity index (χ0) is 9.68. The number of rotatable bonds is 3. The van der Waals surface area contributed by atoms with Crippen LogP contribution in [-0.2, 0) is 4.43 Å². The van der Waals surface area contributed by atoms with Crippen LogP contribution in [0.4, 0.5) is 0 Å². The van der Waals surface area contributed by atoms with Gasteiger partial charge < -0.3 is 4.43 Å². The molecule has 0 radical (unpaired) electrons. The first-order chi connectivity index (χ1) is 6.24. The van der Waals surface area contributed by atoms with Gasteiger partial charge in [0.1, 0.15) is 5.76 Å². The van der Waals surface area contributed by atoms with Gasteiger partial charge in [-0.3, -0.25) is 0 Å². The molecule has 70 valence electrons. The molecule has 0 heterocycles. The maximum absolute atomic E-state index is 5.79. The monoisotopic (exact) mass is 192 g/mol. The second-order valence-corrected chi connectivity index (χ2v) is 5.52. The fraction of sp³-hybridized carbons (Fsp3) is 0.273. The van der Waals surface area contributed by atoms with Crippen molar-refractivity contribution < 1.29 is 4.43 Å². The van der Waals surface area contributed by atoms with Crippen LogP contribution in [0.3, 0.4) is 0 Å². The summed E-state index contributed by atoms with van der Waals surface area (Å²) in [4.78, 5) is 0. The predicted molar refractivity (Wildman–Crippen MR) is 60.1 cm³/mol. The third-order valence-electron chi connectivity index (χ3n) is 1.68. The van der Waals surface area contributed by atoms with Crippen LogP contribution in [-0.4, -0.2) is 9.04 Å². The summed E-state index contributed by atoms with van der Waals surface area (Å²) in [5.74, 6) is 1.02. The van der Waals surface area contributed by atoms with Gasteiger partial charge in [0.15, 0.2) is 0 Å². The van der Waals surface area contributed by atoms with E-state index in [0.717, 1.165) is 5.76 Å². The fourth-order valence-electron chi connectivity index (χ4n) is 1.16. The normalized spacial score (nSPS) is 11.8. The van der Waals surface area contributed by atoms with Crippen LogP contribution in [0.5, 0.6) is 0 Å². The highest BCUT2D eigenvalue weighted by Crippen LogP contribution is 2.15. The lowest BCUT2D eigenvalue weighted by atomic mass is 10.2. The second-order valence-electron chi connectivity index (χ2n) is 3.19. The molecule has 0 saturated heterocycles. The summed E-state index contributed by atoms with van der Waals surface area (Å²) in [6, 6.07) is 10.2. The molecule has 0 amide bonds. The van der Waals surface area contributed by atoms with Crippen LogP contribution >= 0.6 is 0 Å². The van der Waals surface area contributed by atoms with Crippen molar-refractivity contribution >= 4 is 14.8 Å². The molecule has 0 aliphatic carbocycles. The van der Waals surface area contributed by atoms with Crippen LogP contribution in [0.1, 0.15) is 12.5 Å². The quantitative estimate of drug-likeness (QED) is 0.528. The van der Waals surface area contributed by atoms with Crippen molar-refractivity contribution in [3.05, 3.63) is 42.0 Å². The Bertz CT molecular complexity index is 277. The Kier molecular flexibility index (Phi) is 3.77. The van der Waals surface area contributed by atoms with Crippen molar-refractivity contribution in [1.82, 2.24) is 0 Å². The van der Waals surface area contributed by atoms with E-state index in [2.05, 4.69) is 25.2 Å². The molecule has 2 heteroatoms. The first-order valence-electron chi connectivity index (χ1n) is 4.62.